The van der Waals surface area contributed by atoms with Crippen molar-refractivity contribution in [3.8, 4) is 0 Å². The minimum atomic E-state index is -1.48. The number of aromatic nitrogens is 1. The van der Waals surface area contributed by atoms with Crippen molar-refractivity contribution in [1.29, 1.82) is 0 Å². The number of pyridine rings is 1. The molecule has 276 valence electrons. The maximum Gasteiger partial charge on any atom is 0.326 e. The zero-order chi connectivity index (χ0) is 36.9. The zero-order valence-electron chi connectivity index (χ0n) is 28.6. The van der Waals surface area contributed by atoms with Crippen molar-refractivity contribution in [2.24, 2.45) is 0 Å². The maximum atomic E-state index is 12.7. The van der Waals surface area contributed by atoms with Crippen LogP contribution < -0.4 is 30.7 Å². The number of unbranched alkanes of at least 4 members (excludes halogenated alkanes) is 1. The molecular formula is C34H46N8O9. The number of piperazine rings is 2. The number of anilines is 3. The summed E-state index contributed by atoms with van der Waals surface area (Å²) in [5, 5.41) is 34.4. The molecule has 1 aromatic carbocycles. The molecular weight excluding hydrogens is 664 g/mol. The number of carboxylic acid groups (broad SMARTS) is 3. The topological polar surface area (TPSA) is 225 Å². The van der Waals surface area contributed by atoms with E-state index in [0.717, 1.165) is 69.6 Å². The molecule has 2 atom stereocenters. The lowest BCUT2D eigenvalue weighted by Gasteiger charge is -2.37. The molecule has 0 aliphatic carbocycles. The number of carbonyl (C=O) groups is 6. The molecule has 1 aromatic heterocycles. The van der Waals surface area contributed by atoms with Gasteiger partial charge in [-0.25, -0.2) is 19.4 Å². The lowest BCUT2D eigenvalue weighted by molar-refractivity contribution is -0.141. The average Bonchev–Trinajstić information content (AvgIpc) is 3.12. The molecule has 17 heteroatoms. The Kier molecular flexibility index (Phi) is 13.8. The third-order valence-electron chi connectivity index (χ3n) is 8.98. The van der Waals surface area contributed by atoms with Crippen molar-refractivity contribution >= 4 is 52.9 Å². The van der Waals surface area contributed by atoms with E-state index in [4.69, 9.17) is 5.11 Å². The van der Waals surface area contributed by atoms with Crippen LogP contribution in [-0.4, -0.2) is 132 Å². The van der Waals surface area contributed by atoms with Crippen LogP contribution in [0, 0.1) is 0 Å². The molecule has 0 radical (unpaired) electrons. The van der Waals surface area contributed by atoms with Crippen LogP contribution in [0.4, 0.5) is 22.0 Å². The van der Waals surface area contributed by atoms with E-state index in [1.807, 2.05) is 11.0 Å². The number of nitrogens with zero attached hydrogens (tertiary/aromatic N) is 5. The molecule has 0 unspecified atom stereocenters. The van der Waals surface area contributed by atoms with E-state index < -0.39 is 42.4 Å². The molecule has 17 nitrogen and oxygen atoms in total. The van der Waals surface area contributed by atoms with Crippen LogP contribution in [0.25, 0.3) is 0 Å². The molecule has 4 rings (SSSR count). The van der Waals surface area contributed by atoms with Gasteiger partial charge in [-0.05, 0) is 62.1 Å². The Hall–Kier alpha value is -5.61. The predicted molar refractivity (Wildman–Crippen MR) is 187 cm³/mol. The Balaban J connectivity index is 1.15. The highest BCUT2D eigenvalue weighted by atomic mass is 16.4. The molecule has 6 N–H and O–H groups in total. The molecule has 2 aromatic rings. The third-order valence-corrected chi connectivity index (χ3v) is 8.98. The molecule has 2 aliphatic rings. The van der Waals surface area contributed by atoms with Gasteiger partial charge < -0.3 is 50.9 Å². The van der Waals surface area contributed by atoms with Gasteiger partial charge >= 0.3 is 23.9 Å². The Morgan fingerprint density at radius 1 is 0.706 bits per heavy atom. The third kappa shape index (κ3) is 11.5. The summed E-state index contributed by atoms with van der Waals surface area (Å²) in [4.78, 5) is 83.2. The number of aliphatic carboxylic acids is 3. The quantitative estimate of drug-likeness (QED) is 0.134. The van der Waals surface area contributed by atoms with E-state index in [2.05, 4.69) is 59.9 Å². The normalized spacial score (nSPS) is 15.8. The number of nitrogens with one attached hydrogen (secondary N) is 3. The fourth-order valence-corrected chi connectivity index (χ4v) is 5.97. The molecule has 2 aliphatic heterocycles. The van der Waals surface area contributed by atoms with Crippen LogP contribution in [0.2, 0.25) is 0 Å². The van der Waals surface area contributed by atoms with Crippen molar-refractivity contribution in [3.05, 3.63) is 48.2 Å². The number of hydrogen-bond acceptors (Lipinski definition) is 10. The Bertz CT molecular complexity index is 1520. The van der Waals surface area contributed by atoms with Gasteiger partial charge in [0.15, 0.2) is 0 Å². The maximum absolute atomic E-state index is 12.7. The zero-order valence-corrected chi connectivity index (χ0v) is 28.6. The molecule has 3 heterocycles. The Morgan fingerprint density at radius 2 is 1.24 bits per heavy atom. The minimum absolute atomic E-state index is 0.0288. The highest BCUT2D eigenvalue weighted by Gasteiger charge is 2.25. The van der Waals surface area contributed by atoms with Gasteiger partial charge in [0.05, 0.1) is 5.56 Å². The average molecular weight is 711 g/mol. The lowest BCUT2D eigenvalue weighted by atomic mass is 10.1. The molecule has 2 saturated heterocycles. The summed E-state index contributed by atoms with van der Waals surface area (Å²) in [6, 6.07) is 8.26. The molecule has 0 bridgehead atoms. The number of benzene rings is 1. The highest BCUT2D eigenvalue weighted by Crippen LogP contribution is 2.24. The highest BCUT2D eigenvalue weighted by molar-refractivity contribution is 5.94. The van der Waals surface area contributed by atoms with Crippen LogP contribution >= 0.6 is 0 Å². The van der Waals surface area contributed by atoms with Gasteiger partial charge in [0, 0.05) is 89.8 Å². The molecule has 2 fully saturated rings. The van der Waals surface area contributed by atoms with Crippen LogP contribution in [0.3, 0.4) is 0 Å². The second-order valence-corrected chi connectivity index (χ2v) is 12.5. The molecule has 51 heavy (non-hydrogen) atoms. The van der Waals surface area contributed by atoms with Gasteiger partial charge in [0.2, 0.25) is 5.91 Å². The number of urea groups is 1. The lowest BCUT2D eigenvalue weighted by Crippen LogP contribution is -2.51. The number of amides is 4. The predicted octanol–water partition coefficient (Wildman–Crippen LogP) is 1.05. The summed E-state index contributed by atoms with van der Waals surface area (Å²) in [6.07, 6.45) is 1.48. The standard InChI is InChI=1S/C34H46N8O9/c1-23(43)39-14-16-40(17-15-39)25-6-8-26(9-7-25)41-18-20-42(21-19-41)29-11-5-24(22-36-29)31(46)35-13-3-2-4-27(32(47)48)37-34(51)38-28(33(49)50)10-12-30(44)45/h5-9,11,22,27-28H,2-4,10,12-21H2,1H3,(H,35,46)(H,44,45)(H,47,48)(H,49,50)(H2,37,38,51)/t27-,28-/m0/s1. The Morgan fingerprint density at radius 3 is 1.73 bits per heavy atom. The van der Waals surface area contributed by atoms with Crippen LogP contribution in [0.1, 0.15) is 49.4 Å². The van der Waals surface area contributed by atoms with Gasteiger partial charge in [-0.15, -0.1) is 0 Å². The van der Waals surface area contributed by atoms with E-state index in [1.54, 1.807) is 13.0 Å². The SMILES string of the molecule is CC(=O)N1CCN(c2ccc(N3CCN(c4ccc(C(=O)NCCCC[C@H](NC(=O)N[C@@H](CCC(=O)O)C(=O)O)C(=O)O)cn4)CC3)cc2)CC1. The number of hydrogen-bond donors (Lipinski definition) is 6. The second-order valence-electron chi connectivity index (χ2n) is 12.5. The van der Waals surface area contributed by atoms with Crippen LogP contribution in [0.15, 0.2) is 42.6 Å². The van der Waals surface area contributed by atoms with E-state index >= 15 is 0 Å². The first kappa shape index (κ1) is 38.2. The molecule has 0 saturated carbocycles. The Labute approximate surface area is 295 Å². The van der Waals surface area contributed by atoms with Gasteiger partial charge in [-0.3, -0.25) is 14.4 Å². The van der Waals surface area contributed by atoms with Crippen molar-refractivity contribution in [2.75, 3.05) is 73.6 Å². The van der Waals surface area contributed by atoms with Gasteiger partial charge in [-0.1, -0.05) is 0 Å². The summed E-state index contributed by atoms with van der Waals surface area (Å²) < 4.78 is 0. The first-order chi connectivity index (χ1) is 24.4. The van der Waals surface area contributed by atoms with Gasteiger partial charge in [0.1, 0.15) is 17.9 Å². The number of carbonyl (C=O) groups excluding carboxylic acids is 3. The fourth-order valence-electron chi connectivity index (χ4n) is 5.97. The van der Waals surface area contributed by atoms with Gasteiger partial charge in [-0.2, -0.15) is 0 Å². The van der Waals surface area contributed by atoms with Crippen LogP contribution in [0.5, 0.6) is 0 Å². The number of rotatable bonds is 16. The van der Waals surface area contributed by atoms with Crippen molar-refractivity contribution in [1.82, 2.24) is 25.8 Å². The van der Waals surface area contributed by atoms with E-state index in [0.29, 0.717) is 18.4 Å². The first-order valence-corrected chi connectivity index (χ1v) is 17.0. The summed E-state index contributed by atoms with van der Waals surface area (Å²) in [5.74, 6) is -3.40. The summed E-state index contributed by atoms with van der Waals surface area (Å²) >= 11 is 0. The molecule has 4 amide bonds. The summed E-state index contributed by atoms with van der Waals surface area (Å²) in [5.41, 5.74) is 2.69. The van der Waals surface area contributed by atoms with E-state index in [-0.39, 0.29) is 31.2 Å². The first-order valence-electron chi connectivity index (χ1n) is 17.0. The summed E-state index contributed by atoms with van der Waals surface area (Å²) in [6.45, 7) is 8.16. The molecule has 0 spiro atoms. The summed E-state index contributed by atoms with van der Waals surface area (Å²) in [7, 11) is 0. The monoisotopic (exact) mass is 710 g/mol. The largest absolute Gasteiger partial charge is 0.481 e. The fraction of sp³-hybridized carbons (Fsp3) is 0.500. The van der Waals surface area contributed by atoms with Gasteiger partial charge in [0.25, 0.3) is 5.91 Å². The van der Waals surface area contributed by atoms with Crippen molar-refractivity contribution in [3.63, 3.8) is 0 Å². The van der Waals surface area contributed by atoms with Crippen molar-refractivity contribution < 1.29 is 44.1 Å². The van der Waals surface area contributed by atoms with Crippen molar-refractivity contribution in [2.45, 2.75) is 51.1 Å². The van der Waals surface area contributed by atoms with Crippen LogP contribution in [-0.2, 0) is 19.2 Å². The van der Waals surface area contributed by atoms with E-state index in [9.17, 15) is 39.0 Å². The second kappa shape index (κ2) is 18.4. The smallest absolute Gasteiger partial charge is 0.326 e. The number of carboxylic acids is 3. The van der Waals surface area contributed by atoms with E-state index in [1.165, 1.54) is 6.20 Å². The minimum Gasteiger partial charge on any atom is -0.481 e.